The van der Waals surface area contributed by atoms with Crippen LogP contribution in [-0.2, 0) is 16.6 Å². The van der Waals surface area contributed by atoms with Crippen molar-refractivity contribution in [1.82, 2.24) is 8.87 Å². The summed E-state index contributed by atoms with van der Waals surface area (Å²) in [6.07, 6.45) is 2.55. The van der Waals surface area contributed by atoms with Gasteiger partial charge in [-0.05, 0) is 67.6 Å². The third-order valence-electron chi connectivity index (χ3n) is 5.77. The molecular weight excluding hydrogens is 449 g/mol. The molecule has 1 aromatic heterocycles. The number of carbonyl (C=O) groups is 1. The zero-order valence-corrected chi connectivity index (χ0v) is 19.8. The van der Waals surface area contributed by atoms with Crippen LogP contribution in [0.25, 0.3) is 10.2 Å². The van der Waals surface area contributed by atoms with Crippen molar-refractivity contribution in [1.29, 1.82) is 0 Å². The lowest BCUT2D eigenvalue weighted by atomic mass is 10.0. The van der Waals surface area contributed by atoms with E-state index in [0.717, 1.165) is 29.5 Å². The fourth-order valence-electron chi connectivity index (χ4n) is 3.87. The molecule has 0 atom stereocenters. The number of aryl methyl sites for hydroxylation is 1. The fraction of sp³-hybridized carbons (Fsp3) is 0.391. The Morgan fingerprint density at radius 3 is 2.50 bits per heavy atom. The van der Waals surface area contributed by atoms with Crippen molar-refractivity contribution in [3.05, 3.63) is 58.6 Å². The van der Waals surface area contributed by atoms with Gasteiger partial charge in [-0.15, -0.1) is 0 Å². The molecule has 1 amide bonds. The van der Waals surface area contributed by atoms with Crippen LogP contribution in [0, 0.1) is 11.7 Å². The minimum absolute atomic E-state index is 0.182. The zero-order valence-electron chi connectivity index (χ0n) is 18.1. The minimum Gasteiger partial charge on any atom is -0.316 e. The highest BCUT2D eigenvalue weighted by molar-refractivity contribution is 7.89. The van der Waals surface area contributed by atoms with Crippen molar-refractivity contribution >= 4 is 37.5 Å². The number of benzene rings is 2. The van der Waals surface area contributed by atoms with Gasteiger partial charge in [0.2, 0.25) is 10.0 Å². The highest BCUT2D eigenvalue weighted by Gasteiger charge is 2.28. The number of piperidine rings is 1. The summed E-state index contributed by atoms with van der Waals surface area (Å²) in [7, 11) is -3.57. The molecule has 0 bridgehead atoms. The van der Waals surface area contributed by atoms with Crippen molar-refractivity contribution in [3.63, 3.8) is 0 Å². The number of nitrogens with zero attached hydrogens (tertiary/aromatic N) is 3. The molecule has 1 aliphatic heterocycles. The van der Waals surface area contributed by atoms with Gasteiger partial charge in [-0.25, -0.2) is 12.8 Å². The Bertz CT molecular complexity index is 1300. The van der Waals surface area contributed by atoms with Crippen LogP contribution in [0.4, 0.5) is 4.39 Å². The van der Waals surface area contributed by atoms with Crippen LogP contribution >= 0.6 is 11.3 Å². The second-order valence-corrected chi connectivity index (χ2v) is 11.1. The number of halogens is 1. The van der Waals surface area contributed by atoms with Gasteiger partial charge in [-0.2, -0.15) is 9.30 Å². The molecule has 4 rings (SSSR count). The summed E-state index contributed by atoms with van der Waals surface area (Å²) >= 11 is 1.26. The maximum absolute atomic E-state index is 13.6. The molecule has 1 fully saturated rings. The van der Waals surface area contributed by atoms with Crippen LogP contribution in [0.15, 0.2) is 52.4 Å². The average molecular weight is 476 g/mol. The van der Waals surface area contributed by atoms with Gasteiger partial charge >= 0.3 is 0 Å². The van der Waals surface area contributed by atoms with Gasteiger partial charge in [0.15, 0.2) is 4.80 Å². The van der Waals surface area contributed by atoms with Crippen LogP contribution in [0.1, 0.15) is 43.5 Å². The van der Waals surface area contributed by atoms with E-state index < -0.39 is 15.9 Å². The fourth-order valence-corrected chi connectivity index (χ4v) is 6.42. The molecule has 1 saturated heterocycles. The maximum Gasteiger partial charge on any atom is 0.279 e. The Labute approximate surface area is 191 Å². The zero-order chi connectivity index (χ0) is 22.9. The molecule has 2 aromatic carbocycles. The van der Waals surface area contributed by atoms with E-state index in [4.69, 9.17) is 0 Å². The van der Waals surface area contributed by atoms with E-state index in [9.17, 15) is 17.6 Å². The van der Waals surface area contributed by atoms with E-state index in [1.54, 1.807) is 6.07 Å². The first-order valence-corrected chi connectivity index (χ1v) is 13.0. The van der Waals surface area contributed by atoms with Crippen LogP contribution in [0.3, 0.4) is 0 Å². The molecule has 1 aliphatic rings. The Balaban J connectivity index is 1.62. The first-order chi connectivity index (χ1) is 15.3. The summed E-state index contributed by atoms with van der Waals surface area (Å²) in [5, 5.41) is 0. The number of hydrogen-bond acceptors (Lipinski definition) is 4. The molecule has 0 N–H and O–H groups in total. The number of thiazole rings is 1. The van der Waals surface area contributed by atoms with Crippen molar-refractivity contribution < 1.29 is 17.6 Å². The molecule has 9 heteroatoms. The molecular formula is C23H26FN3O3S2. The van der Waals surface area contributed by atoms with Crippen molar-refractivity contribution in [2.45, 2.75) is 44.6 Å². The summed E-state index contributed by atoms with van der Waals surface area (Å²) < 4.78 is 43.6. The molecule has 170 valence electrons. The van der Waals surface area contributed by atoms with Crippen LogP contribution in [-0.4, -0.2) is 36.3 Å². The molecule has 2 heterocycles. The van der Waals surface area contributed by atoms with Gasteiger partial charge < -0.3 is 4.57 Å². The Hall–Kier alpha value is -2.36. The maximum atomic E-state index is 13.6. The smallest absolute Gasteiger partial charge is 0.279 e. The number of sulfonamides is 1. The second kappa shape index (κ2) is 9.25. The van der Waals surface area contributed by atoms with Crippen molar-refractivity contribution in [3.8, 4) is 0 Å². The number of rotatable bonds is 5. The minimum atomic E-state index is -3.57. The van der Waals surface area contributed by atoms with E-state index in [2.05, 4.69) is 11.9 Å². The Morgan fingerprint density at radius 2 is 1.84 bits per heavy atom. The predicted octanol–water partition coefficient (Wildman–Crippen LogP) is 4.41. The van der Waals surface area contributed by atoms with E-state index >= 15 is 0 Å². The van der Waals surface area contributed by atoms with Crippen LogP contribution in [0.2, 0.25) is 0 Å². The van der Waals surface area contributed by atoms with Gasteiger partial charge in [0.25, 0.3) is 5.91 Å². The van der Waals surface area contributed by atoms with E-state index in [0.29, 0.717) is 35.9 Å². The number of fused-ring (bicyclic) bond motifs is 1. The summed E-state index contributed by atoms with van der Waals surface area (Å²) in [6, 6.07) is 10.5. The number of hydrogen-bond donors (Lipinski definition) is 0. The molecule has 0 saturated carbocycles. The number of carbonyl (C=O) groups excluding carboxylic acids is 1. The summed E-state index contributed by atoms with van der Waals surface area (Å²) in [5.41, 5.74) is 1.14. The molecule has 0 radical (unpaired) electrons. The molecule has 6 nitrogen and oxygen atoms in total. The van der Waals surface area contributed by atoms with Gasteiger partial charge in [-0.3, -0.25) is 4.79 Å². The SMILES string of the molecule is CCCn1c(=NC(=O)c2ccc(S(=O)(=O)N3CCC(C)CC3)cc2)sc2cc(F)ccc21. The molecule has 0 aliphatic carbocycles. The first-order valence-electron chi connectivity index (χ1n) is 10.8. The number of amides is 1. The van der Waals surface area contributed by atoms with E-state index in [1.165, 1.54) is 52.0 Å². The molecule has 32 heavy (non-hydrogen) atoms. The lowest BCUT2D eigenvalue weighted by molar-refractivity contribution is 0.0997. The topological polar surface area (TPSA) is 71.7 Å². The molecule has 3 aromatic rings. The van der Waals surface area contributed by atoms with Crippen LogP contribution in [0.5, 0.6) is 0 Å². The summed E-state index contributed by atoms with van der Waals surface area (Å²) in [5.74, 6) is -0.262. The highest BCUT2D eigenvalue weighted by atomic mass is 32.2. The Kier molecular flexibility index (Phi) is 6.60. The Morgan fingerprint density at radius 1 is 1.16 bits per heavy atom. The van der Waals surface area contributed by atoms with E-state index in [1.807, 2.05) is 11.5 Å². The highest BCUT2D eigenvalue weighted by Crippen LogP contribution is 2.24. The normalized spacial score (nSPS) is 16.7. The predicted molar refractivity (Wildman–Crippen MR) is 124 cm³/mol. The van der Waals surface area contributed by atoms with Gasteiger partial charge in [0.05, 0.1) is 15.1 Å². The quantitative estimate of drug-likeness (QED) is 0.549. The molecule has 0 unspecified atom stereocenters. The summed E-state index contributed by atoms with van der Waals surface area (Å²) in [6.45, 7) is 5.84. The summed E-state index contributed by atoms with van der Waals surface area (Å²) in [4.78, 5) is 17.8. The lowest BCUT2D eigenvalue weighted by Gasteiger charge is -2.29. The van der Waals surface area contributed by atoms with Crippen molar-refractivity contribution in [2.24, 2.45) is 10.9 Å². The molecule has 0 spiro atoms. The standard InChI is InChI=1S/C23H26FN3O3S2/c1-3-12-27-20-9-6-18(24)15-21(20)31-23(27)25-22(28)17-4-7-19(8-5-17)32(29,30)26-13-10-16(2)11-14-26/h4-9,15-16H,3,10-14H2,1-2H3. The van der Waals surface area contributed by atoms with Crippen LogP contribution < -0.4 is 4.80 Å². The van der Waals surface area contributed by atoms with Crippen molar-refractivity contribution in [2.75, 3.05) is 13.1 Å². The average Bonchev–Trinajstić information content (AvgIpc) is 3.10. The number of aromatic nitrogens is 1. The van der Waals surface area contributed by atoms with Gasteiger partial charge in [0, 0.05) is 25.2 Å². The van der Waals surface area contributed by atoms with Gasteiger partial charge in [0.1, 0.15) is 5.82 Å². The third-order valence-corrected chi connectivity index (χ3v) is 8.72. The monoisotopic (exact) mass is 475 g/mol. The van der Waals surface area contributed by atoms with E-state index in [-0.39, 0.29) is 10.7 Å². The third kappa shape index (κ3) is 4.55. The lowest BCUT2D eigenvalue weighted by Crippen LogP contribution is -2.37. The largest absolute Gasteiger partial charge is 0.316 e. The first kappa shape index (κ1) is 22.8. The van der Waals surface area contributed by atoms with Gasteiger partial charge in [-0.1, -0.05) is 25.2 Å². The second-order valence-electron chi connectivity index (χ2n) is 8.18.